The van der Waals surface area contributed by atoms with E-state index in [1.165, 1.54) is 0 Å². The minimum Gasteiger partial charge on any atom is -0.491 e. The summed E-state index contributed by atoms with van der Waals surface area (Å²) >= 11 is 0. The Bertz CT molecular complexity index is 2560. The van der Waals surface area contributed by atoms with Crippen LogP contribution in [-0.2, 0) is 9.84 Å². The van der Waals surface area contributed by atoms with Gasteiger partial charge < -0.3 is 39.4 Å². The second kappa shape index (κ2) is 18.6. The fourth-order valence-electron chi connectivity index (χ4n) is 8.39. The van der Waals surface area contributed by atoms with Gasteiger partial charge in [-0.2, -0.15) is 0 Å². The van der Waals surface area contributed by atoms with Crippen LogP contribution in [0.5, 0.6) is 23.0 Å². The van der Waals surface area contributed by atoms with Gasteiger partial charge in [-0.15, -0.1) is 0 Å². The van der Waals surface area contributed by atoms with Crippen LogP contribution < -0.4 is 18.9 Å². The van der Waals surface area contributed by atoms with Gasteiger partial charge in [-0.05, 0) is 67.4 Å². The summed E-state index contributed by atoms with van der Waals surface area (Å²) in [5.41, 5.74) is 1.27. The minimum atomic E-state index is -4.80. The zero-order chi connectivity index (χ0) is 42.3. The molecule has 0 bridgehead atoms. The minimum absolute atomic E-state index is 0.115. The van der Waals surface area contributed by atoms with Crippen molar-refractivity contribution in [2.75, 3.05) is 52.9 Å². The highest BCUT2D eigenvalue weighted by Gasteiger charge is 2.46. The van der Waals surface area contributed by atoms with Gasteiger partial charge in [0.25, 0.3) is 0 Å². The van der Waals surface area contributed by atoms with Gasteiger partial charge in [0.1, 0.15) is 59.9 Å². The molecular weight excluding hydrogens is 793 g/mol. The van der Waals surface area contributed by atoms with Gasteiger partial charge >= 0.3 is 0 Å². The van der Waals surface area contributed by atoms with E-state index in [1.807, 2.05) is 121 Å². The van der Waals surface area contributed by atoms with Crippen molar-refractivity contribution in [3.8, 4) is 23.0 Å². The maximum Gasteiger partial charge on any atom is 0.173 e. The van der Waals surface area contributed by atoms with Crippen LogP contribution in [0.15, 0.2) is 146 Å². The predicted molar refractivity (Wildman–Crippen MR) is 239 cm³/mol. The first-order chi connectivity index (χ1) is 29.9. The van der Waals surface area contributed by atoms with Crippen molar-refractivity contribution in [1.29, 1.82) is 0 Å². The highest BCUT2D eigenvalue weighted by atomic mass is 32.2. The Morgan fingerprint density at radius 3 is 0.803 bits per heavy atom. The number of ether oxygens (including phenoxy) is 4. The fourth-order valence-corrected chi connectivity index (χ4v) is 11.0. The van der Waals surface area contributed by atoms with Crippen molar-refractivity contribution >= 4 is 52.9 Å². The molecule has 312 valence electrons. The molecule has 0 saturated heterocycles. The normalized spacial score (nSPS) is 11.9. The fraction of sp³-hybridized carbons (Fsp3) is 0.200. The van der Waals surface area contributed by atoms with Gasteiger partial charge in [0.05, 0.1) is 26.4 Å². The summed E-state index contributed by atoms with van der Waals surface area (Å²) in [6.07, 6.45) is 0. The molecule has 61 heavy (non-hydrogen) atoms. The highest BCUT2D eigenvalue weighted by molar-refractivity contribution is 7.92. The van der Waals surface area contributed by atoms with Crippen LogP contribution in [0.1, 0.15) is 32.8 Å². The molecule has 0 heterocycles. The SMILES string of the molecule is O=S(=O)(C(c1c(OCCO)ccc2ccccc12)c1c(OCCO)ccc2ccccc12)C(c1c(OCCO)ccc2ccccc12)c1c(OCCO)ccc2ccccc12. The second-order valence-electron chi connectivity index (χ2n) is 14.4. The topological polar surface area (TPSA) is 152 Å². The molecule has 10 nitrogen and oxygen atoms in total. The lowest BCUT2D eigenvalue weighted by Crippen LogP contribution is -2.26. The number of hydrogen-bond acceptors (Lipinski definition) is 10. The highest BCUT2D eigenvalue weighted by Crippen LogP contribution is 2.55. The smallest absolute Gasteiger partial charge is 0.173 e. The van der Waals surface area contributed by atoms with Crippen molar-refractivity contribution in [2.24, 2.45) is 0 Å². The number of rotatable bonds is 18. The van der Waals surface area contributed by atoms with Gasteiger partial charge in [0.15, 0.2) is 9.84 Å². The van der Waals surface area contributed by atoms with E-state index in [4.69, 9.17) is 18.9 Å². The first-order valence-electron chi connectivity index (χ1n) is 20.1. The molecule has 0 spiro atoms. The Morgan fingerprint density at radius 1 is 0.344 bits per heavy atom. The summed E-state index contributed by atoms with van der Waals surface area (Å²) < 4.78 is 59.8. The first-order valence-corrected chi connectivity index (χ1v) is 21.8. The monoisotopic (exact) mass is 838 g/mol. The average molecular weight is 839 g/mol. The number of fused-ring (bicyclic) bond motifs is 4. The van der Waals surface area contributed by atoms with Crippen molar-refractivity contribution in [1.82, 2.24) is 0 Å². The maximum atomic E-state index is 17.3. The largest absolute Gasteiger partial charge is 0.491 e. The third kappa shape index (κ3) is 8.06. The summed E-state index contributed by atoms with van der Waals surface area (Å²) in [6.45, 7) is -1.76. The molecule has 8 aromatic rings. The molecule has 0 fully saturated rings. The van der Waals surface area contributed by atoms with Crippen LogP contribution >= 0.6 is 0 Å². The maximum absolute atomic E-state index is 17.3. The van der Waals surface area contributed by atoms with Crippen LogP contribution in [0.4, 0.5) is 0 Å². The van der Waals surface area contributed by atoms with Crippen molar-refractivity contribution in [3.05, 3.63) is 168 Å². The Balaban J connectivity index is 1.60. The van der Waals surface area contributed by atoms with E-state index in [9.17, 15) is 20.4 Å². The summed E-state index contributed by atoms with van der Waals surface area (Å²) in [5.74, 6) is 0.965. The van der Waals surface area contributed by atoms with E-state index < -0.39 is 20.3 Å². The van der Waals surface area contributed by atoms with Crippen LogP contribution in [0.25, 0.3) is 43.1 Å². The third-order valence-corrected chi connectivity index (χ3v) is 13.1. The lowest BCUT2D eigenvalue weighted by atomic mass is 9.92. The number of benzene rings is 8. The molecule has 0 radical (unpaired) electrons. The Labute approximate surface area is 353 Å². The van der Waals surface area contributed by atoms with Gasteiger partial charge in [0, 0.05) is 22.3 Å². The molecule has 8 aromatic carbocycles. The van der Waals surface area contributed by atoms with Crippen molar-refractivity contribution < 1.29 is 47.8 Å². The van der Waals surface area contributed by atoms with Crippen LogP contribution in [0.3, 0.4) is 0 Å². The number of sulfone groups is 1. The Kier molecular flexibility index (Phi) is 12.7. The summed E-state index contributed by atoms with van der Waals surface area (Å²) in [4.78, 5) is 0. The van der Waals surface area contributed by atoms with E-state index in [-0.39, 0.29) is 75.9 Å². The molecule has 11 heteroatoms. The first kappa shape index (κ1) is 41.5. The average Bonchev–Trinajstić information content (AvgIpc) is 3.29. The van der Waals surface area contributed by atoms with Crippen LogP contribution in [0, 0.1) is 0 Å². The quantitative estimate of drug-likeness (QED) is 0.0668. The van der Waals surface area contributed by atoms with E-state index in [2.05, 4.69) is 0 Å². The third-order valence-electron chi connectivity index (χ3n) is 10.8. The van der Waals surface area contributed by atoms with E-state index in [0.717, 1.165) is 21.5 Å². The van der Waals surface area contributed by atoms with Crippen LogP contribution in [-0.4, -0.2) is 81.7 Å². The molecule has 0 aromatic heterocycles. The number of aliphatic hydroxyl groups is 4. The Morgan fingerprint density at radius 2 is 0.574 bits per heavy atom. The van der Waals surface area contributed by atoms with Gasteiger partial charge in [-0.3, -0.25) is 0 Å². The van der Waals surface area contributed by atoms with Gasteiger partial charge in [-0.1, -0.05) is 121 Å². The molecule has 0 unspecified atom stereocenters. The molecule has 8 rings (SSSR count). The Hall–Kier alpha value is -6.21. The van der Waals surface area contributed by atoms with Gasteiger partial charge in [0.2, 0.25) is 0 Å². The molecule has 0 atom stereocenters. The molecule has 0 saturated carbocycles. The lowest BCUT2D eigenvalue weighted by molar-refractivity contribution is 0.199. The zero-order valence-electron chi connectivity index (χ0n) is 33.3. The summed E-state index contributed by atoms with van der Waals surface area (Å²) in [5, 5.41) is 42.5. The lowest BCUT2D eigenvalue weighted by Gasteiger charge is -2.32. The molecular formula is C50H46O10S. The second-order valence-corrected chi connectivity index (χ2v) is 16.6. The molecule has 0 aliphatic rings. The van der Waals surface area contributed by atoms with Gasteiger partial charge in [-0.25, -0.2) is 8.42 Å². The zero-order valence-corrected chi connectivity index (χ0v) is 34.1. The molecule has 0 aliphatic carbocycles. The predicted octanol–water partition coefficient (Wildman–Crippen LogP) is 8.08. The molecule has 0 amide bonds. The number of aliphatic hydroxyl groups excluding tert-OH is 4. The summed E-state index contributed by atoms with van der Waals surface area (Å²) in [7, 11) is -4.80. The van der Waals surface area contributed by atoms with Crippen LogP contribution in [0.2, 0.25) is 0 Å². The standard InChI is InChI=1S/C50H46O10S/c51-25-29-57-41-21-17-33-9-1-5-13-37(33)45(41)49(46-38-14-6-2-10-34(38)18-22-42(46)58-30-26-52)61(55,56)50(47-39-15-7-3-11-35(39)19-23-43(47)59-31-27-53)48-40-16-8-4-12-36(40)20-24-44(48)60-32-28-54/h1-24,49-54H,25-32H2. The van der Waals surface area contributed by atoms with E-state index in [0.29, 0.717) is 43.8 Å². The van der Waals surface area contributed by atoms with Crippen molar-refractivity contribution in [2.45, 2.75) is 10.5 Å². The molecule has 0 aliphatic heterocycles. The molecule has 4 N–H and O–H groups in total. The number of hydrogen-bond donors (Lipinski definition) is 4. The van der Waals surface area contributed by atoms with E-state index in [1.54, 1.807) is 24.3 Å². The van der Waals surface area contributed by atoms with Crippen molar-refractivity contribution in [3.63, 3.8) is 0 Å². The summed E-state index contributed by atoms with van der Waals surface area (Å²) in [6, 6.07) is 44.2. The van der Waals surface area contributed by atoms with E-state index >= 15 is 8.42 Å².